The van der Waals surface area contributed by atoms with E-state index in [-0.39, 0.29) is 10.7 Å². The van der Waals surface area contributed by atoms with Crippen LogP contribution in [0.1, 0.15) is 11.1 Å². The number of nitrogens with zero attached hydrogens (tertiary/aromatic N) is 2. The fourth-order valence-electron chi connectivity index (χ4n) is 1.62. The average molecular weight is 337 g/mol. The zero-order valence-electron chi connectivity index (χ0n) is 11.8. The van der Waals surface area contributed by atoms with E-state index in [1.165, 1.54) is 11.8 Å². The lowest BCUT2D eigenvalue weighted by Crippen LogP contribution is -2.06. The Morgan fingerprint density at radius 2 is 1.87 bits per heavy atom. The molecule has 0 amide bonds. The molecule has 23 heavy (non-hydrogen) atoms. The van der Waals surface area contributed by atoms with E-state index in [1.54, 1.807) is 0 Å². The van der Waals surface area contributed by atoms with Crippen LogP contribution in [0.5, 0.6) is 11.5 Å². The maximum Gasteiger partial charge on any atom is 0.210 e. The number of phenols is 2. The van der Waals surface area contributed by atoms with Crippen LogP contribution in [0.4, 0.5) is 8.78 Å². The number of thioether (sulfide) groups is 1. The minimum Gasteiger partial charge on any atom is -0.504 e. The molecule has 120 valence electrons. The van der Waals surface area contributed by atoms with E-state index in [9.17, 15) is 13.9 Å². The third kappa shape index (κ3) is 4.43. The number of benzene rings is 2. The van der Waals surface area contributed by atoms with Gasteiger partial charge in [0.05, 0.1) is 6.21 Å². The van der Waals surface area contributed by atoms with Crippen LogP contribution < -0.4 is 5.73 Å². The quantitative estimate of drug-likeness (QED) is 0.454. The molecular weight excluding hydrogens is 324 g/mol. The second-order valence-electron chi connectivity index (χ2n) is 4.42. The fourth-order valence-corrected chi connectivity index (χ4v) is 2.24. The van der Waals surface area contributed by atoms with Gasteiger partial charge in [-0.2, -0.15) is 9.49 Å². The third-order valence-electron chi connectivity index (χ3n) is 2.78. The number of nitrogens with two attached hydrogens (primary N) is 1. The van der Waals surface area contributed by atoms with Crippen LogP contribution in [-0.4, -0.2) is 21.6 Å². The summed E-state index contributed by atoms with van der Waals surface area (Å²) in [5.41, 5.74) is 6.45. The predicted molar refractivity (Wildman–Crippen MR) is 86.6 cm³/mol. The maximum absolute atomic E-state index is 13.3. The lowest BCUT2D eigenvalue weighted by atomic mass is 10.2. The SMILES string of the molecule is NC(=NN=Cc1cc(F)c(O)c(F)c1O)SCc1ccccc1. The molecule has 8 heteroatoms. The largest absolute Gasteiger partial charge is 0.504 e. The molecule has 2 rings (SSSR count). The van der Waals surface area contributed by atoms with E-state index < -0.39 is 23.1 Å². The van der Waals surface area contributed by atoms with Crippen molar-refractivity contribution in [1.82, 2.24) is 0 Å². The summed E-state index contributed by atoms with van der Waals surface area (Å²) in [6.07, 6.45) is 0.941. The fraction of sp³-hybridized carbons (Fsp3) is 0.0667. The second kappa shape index (κ2) is 7.59. The molecule has 0 aliphatic rings. The molecule has 0 atom stereocenters. The summed E-state index contributed by atoms with van der Waals surface area (Å²) < 4.78 is 26.5. The van der Waals surface area contributed by atoms with Gasteiger partial charge < -0.3 is 15.9 Å². The van der Waals surface area contributed by atoms with Gasteiger partial charge in [-0.1, -0.05) is 42.1 Å². The van der Waals surface area contributed by atoms with Crippen LogP contribution in [0.3, 0.4) is 0 Å². The van der Waals surface area contributed by atoms with E-state index >= 15 is 0 Å². The molecule has 0 heterocycles. The first kappa shape index (κ1) is 16.8. The van der Waals surface area contributed by atoms with Crippen molar-refractivity contribution in [2.24, 2.45) is 15.9 Å². The Kier molecular flexibility index (Phi) is 5.53. The minimum atomic E-state index is -1.46. The molecule has 0 aromatic heterocycles. The van der Waals surface area contributed by atoms with Gasteiger partial charge in [-0.05, 0) is 11.6 Å². The third-order valence-corrected chi connectivity index (χ3v) is 3.64. The van der Waals surface area contributed by atoms with Crippen molar-refractivity contribution in [3.05, 3.63) is 59.2 Å². The molecule has 0 radical (unpaired) electrons. The summed E-state index contributed by atoms with van der Waals surface area (Å²) in [5, 5.41) is 25.8. The van der Waals surface area contributed by atoms with E-state index in [0.29, 0.717) is 5.75 Å². The van der Waals surface area contributed by atoms with E-state index in [0.717, 1.165) is 17.8 Å². The molecule has 0 fully saturated rings. The smallest absolute Gasteiger partial charge is 0.210 e. The second-order valence-corrected chi connectivity index (χ2v) is 5.41. The summed E-state index contributed by atoms with van der Waals surface area (Å²) in [4.78, 5) is 0. The molecule has 0 aliphatic heterocycles. The summed E-state index contributed by atoms with van der Waals surface area (Å²) in [5.74, 6) is -4.24. The Labute approximate surface area is 135 Å². The van der Waals surface area contributed by atoms with Gasteiger partial charge in [-0.15, -0.1) is 5.10 Å². The number of hydrogen-bond donors (Lipinski definition) is 3. The molecule has 2 aromatic carbocycles. The van der Waals surface area contributed by atoms with Gasteiger partial charge in [0, 0.05) is 11.3 Å². The van der Waals surface area contributed by atoms with Crippen LogP contribution in [0.15, 0.2) is 46.6 Å². The van der Waals surface area contributed by atoms with Crippen molar-refractivity contribution in [2.75, 3.05) is 0 Å². The number of amidine groups is 1. The van der Waals surface area contributed by atoms with E-state index in [2.05, 4.69) is 10.2 Å². The Morgan fingerprint density at radius 1 is 1.17 bits per heavy atom. The Morgan fingerprint density at radius 3 is 2.57 bits per heavy atom. The summed E-state index contributed by atoms with van der Waals surface area (Å²) in [6.45, 7) is 0. The maximum atomic E-state index is 13.3. The highest BCUT2D eigenvalue weighted by atomic mass is 32.2. The monoisotopic (exact) mass is 337 g/mol. The van der Waals surface area contributed by atoms with Gasteiger partial charge in [0.2, 0.25) is 5.82 Å². The predicted octanol–water partition coefficient (Wildman–Crippen LogP) is 2.96. The highest BCUT2D eigenvalue weighted by molar-refractivity contribution is 8.13. The summed E-state index contributed by atoms with van der Waals surface area (Å²) >= 11 is 1.24. The molecule has 0 spiro atoms. The first-order valence-corrected chi connectivity index (χ1v) is 7.40. The van der Waals surface area contributed by atoms with Gasteiger partial charge in [-0.25, -0.2) is 4.39 Å². The molecule has 0 saturated carbocycles. The van der Waals surface area contributed by atoms with E-state index in [1.807, 2.05) is 30.3 Å². The number of phenolic OH excluding ortho intramolecular Hbond substituents is 2. The number of aromatic hydroxyl groups is 2. The summed E-state index contributed by atoms with van der Waals surface area (Å²) in [7, 11) is 0. The lowest BCUT2D eigenvalue weighted by molar-refractivity contribution is 0.366. The van der Waals surface area contributed by atoms with Crippen molar-refractivity contribution in [1.29, 1.82) is 0 Å². The molecule has 2 aromatic rings. The average Bonchev–Trinajstić information content (AvgIpc) is 2.56. The number of rotatable bonds is 4. The highest BCUT2D eigenvalue weighted by Gasteiger charge is 2.16. The summed E-state index contributed by atoms with van der Waals surface area (Å²) in [6, 6.07) is 10.3. The van der Waals surface area contributed by atoms with Gasteiger partial charge in [0.25, 0.3) is 0 Å². The van der Waals surface area contributed by atoms with Crippen LogP contribution in [-0.2, 0) is 5.75 Å². The molecular formula is C15H13F2N3O2S. The van der Waals surface area contributed by atoms with Crippen molar-refractivity contribution in [3.63, 3.8) is 0 Å². The van der Waals surface area contributed by atoms with Crippen LogP contribution in [0, 0.1) is 11.6 Å². The van der Waals surface area contributed by atoms with Crippen molar-refractivity contribution < 1.29 is 19.0 Å². The molecule has 0 unspecified atom stereocenters. The lowest BCUT2D eigenvalue weighted by Gasteiger charge is -2.03. The van der Waals surface area contributed by atoms with Crippen LogP contribution >= 0.6 is 11.8 Å². The van der Waals surface area contributed by atoms with Crippen molar-refractivity contribution in [3.8, 4) is 11.5 Å². The van der Waals surface area contributed by atoms with E-state index in [4.69, 9.17) is 10.8 Å². The topological polar surface area (TPSA) is 91.2 Å². The van der Waals surface area contributed by atoms with Crippen molar-refractivity contribution >= 4 is 23.1 Å². The molecule has 0 aliphatic carbocycles. The van der Waals surface area contributed by atoms with Gasteiger partial charge >= 0.3 is 0 Å². The molecule has 0 saturated heterocycles. The molecule has 0 bridgehead atoms. The normalized spacial score (nSPS) is 12.0. The van der Waals surface area contributed by atoms with Gasteiger partial charge in [0.15, 0.2) is 22.5 Å². The zero-order valence-corrected chi connectivity index (χ0v) is 12.6. The molecule has 5 nitrogen and oxygen atoms in total. The Hall–Kier alpha value is -2.61. The number of halogens is 2. The van der Waals surface area contributed by atoms with Gasteiger partial charge in [-0.3, -0.25) is 0 Å². The first-order chi connectivity index (χ1) is 11.0. The van der Waals surface area contributed by atoms with Crippen molar-refractivity contribution in [2.45, 2.75) is 5.75 Å². The standard InChI is InChI=1S/C15H13F2N3O2S/c16-11-6-10(13(21)12(17)14(11)22)7-19-20-15(18)23-8-9-4-2-1-3-5-9/h1-7,21-22H,8H2,(H2,18,20). The molecule has 4 N–H and O–H groups in total. The first-order valence-electron chi connectivity index (χ1n) is 6.42. The van der Waals surface area contributed by atoms with Crippen LogP contribution in [0.25, 0.3) is 0 Å². The highest BCUT2D eigenvalue weighted by Crippen LogP contribution is 2.30. The Bertz CT molecular complexity index is 752. The Balaban J connectivity index is 2.03. The minimum absolute atomic E-state index is 0.157. The van der Waals surface area contributed by atoms with Gasteiger partial charge in [0.1, 0.15) is 0 Å². The number of hydrogen-bond acceptors (Lipinski definition) is 5. The van der Waals surface area contributed by atoms with Crippen LogP contribution in [0.2, 0.25) is 0 Å². The zero-order chi connectivity index (χ0) is 16.8.